The van der Waals surface area contributed by atoms with Crippen molar-refractivity contribution in [1.82, 2.24) is 0 Å². The quantitative estimate of drug-likeness (QED) is 0.658. The molecular formula is C18H17OP. The fourth-order valence-electron chi connectivity index (χ4n) is 2.68. The van der Waals surface area contributed by atoms with Gasteiger partial charge in [0, 0.05) is 16.8 Å². The molecule has 3 rings (SSSR count). The third-order valence-corrected chi connectivity index (χ3v) is 6.97. The van der Waals surface area contributed by atoms with Crippen molar-refractivity contribution < 1.29 is 4.57 Å². The molecule has 0 aliphatic rings. The maximum atomic E-state index is 13.6. The van der Waals surface area contributed by atoms with Crippen molar-refractivity contribution in [2.75, 3.05) is 6.16 Å². The summed E-state index contributed by atoms with van der Waals surface area (Å²) in [4.78, 5) is 0. The lowest BCUT2D eigenvalue weighted by Gasteiger charge is -2.19. The third kappa shape index (κ3) is 2.09. The first-order valence-electron chi connectivity index (χ1n) is 6.89. The molecule has 0 aliphatic carbocycles. The molecule has 0 aromatic heterocycles. The second-order valence-electron chi connectivity index (χ2n) is 4.89. The third-order valence-electron chi connectivity index (χ3n) is 3.77. The minimum absolute atomic E-state index is 0.644. The smallest absolute Gasteiger partial charge is 0.143 e. The van der Waals surface area contributed by atoms with Crippen molar-refractivity contribution in [3.05, 3.63) is 72.8 Å². The zero-order valence-electron chi connectivity index (χ0n) is 11.5. The monoisotopic (exact) mass is 280 g/mol. The first kappa shape index (κ1) is 13.1. The van der Waals surface area contributed by atoms with Crippen LogP contribution in [0.15, 0.2) is 72.8 Å². The summed E-state index contributed by atoms with van der Waals surface area (Å²) in [6.45, 7) is 2.01. The molecule has 100 valence electrons. The van der Waals surface area contributed by atoms with Crippen LogP contribution in [0.2, 0.25) is 0 Å². The molecule has 3 aromatic carbocycles. The van der Waals surface area contributed by atoms with Crippen LogP contribution < -0.4 is 10.6 Å². The van der Waals surface area contributed by atoms with E-state index in [4.69, 9.17) is 0 Å². The Morgan fingerprint density at radius 3 is 2.20 bits per heavy atom. The van der Waals surface area contributed by atoms with E-state index in [-0.39, 0.29) is 0 Å². The molecule has 1 unspecified atom stereocenters. The predicted molar refractivity (Wildman–Crippen MR) is 87.8 cm³/mol. The van der Waals surface area contributed by atoms with E-state index in [1.807, 2.05) is 61.5 Å². The summed E-state index contributed by atoms with van der Waals surface area (Å²) in [6.07, 6.45) is 0.644. The van der Waals surface area contributed by atoms with E-state index >= 15 is 0 Å². The molecule has 1 nitrogen and oxygen atoms in total. The lowest BCUT2D eigenvalue weighted by atomic mass is 10.1. The molecule has 0 aliphatic heterocycles. The van der Waals surface area contributed by atoms with Gasteiger partial charge in [-0.2, -0.15) is 0 Å². The summed E-state index contributed by atoms with van der Waals surface area (Å²) in [5, 5.41) is 4.17. The average molecular weight is 280 g/mol. The highest BCUT2D eigenvalue weighted by atomic mass is 31.2. The van der Waals surface area contributed by atoms with E-state index in [9.17, 15) is 4.57 Å². The summed E-state index contributed by atoms with van der Waals surface area (Å²) in [5.41, 5.74) is 0. The number of hydrogen-bond donors (Lipinski definition) is 0. The second kappa shape index (κ2) is 5.26. The maximum Gasteiger partial charge on any atom is 0.143 e. The van der Waals surface area contributed by atoms with Crippen molar-refractivity contribution in [3.8, 4) is 0 Å². The van der Waals surface area contributed by atoms with Gasteiger partial charge in [0.05, 0.1) is 0 Å². The maximum absolute atomic E-state index is 13.6. The number of benzene rings is 3. The van der Waals surface area contributed by atoms with Crippen LogP contribution in [-0.2, 0) is 4.57 Å². The molecule has 0 amide bonds. The summed E-state index contributed by atoms with van der Waals surface area (Å²) in [7, 11) is -2.55. The van der Waals surface area contributed by atoms with Crippen LogP contribution in [0.25, 0.3) is 10.8 Å². The molecule has 0 fully saturated rings. The normalized spacial score (nSPS) is 14.1. The summed E-state index contributed by atoms with van der Waals surface area (Å²) < 4.78 is 13.6. The molecule has 0 bridgehead atoms. The number of fused-ring (bicyclic) bond motifs is 1. The molecule has 0 heterocycles. The zero-order valence-corrected chi connectivity index (χ0v) is 12.4. The first-order chi connectivity index (χ1) is 9.75. The highest BCUT2D eigenvalue weighted by Crippen LogP contribution is 2.44. The Bertz CT molecular complexity index is 772. The van der Waals surface area contributed by atoms with E-state index in [1.165, 1.54) is 0 Å². The second-order valence-corrected chi connectivity index (χ2v) is 8.00. The highest BCUT2D eigenvalue weighted by molar-refractivity contribution is 7.79. The van der Waals surface area contributed by atoms with Gasteiger partial charge in [0.15, 0.2) is 0 Å². The lowest BCUT2D eigenvalue weighted by molar-refractivity contribution is 0.588. The van der Waals surface area contributed by atoms with Gasteiger partial charge in [-0.15, -0.1) is 0 Å². The van der Waals surface area contributed by atoms with Crippen molar-refractivity contribution in [2.45, 2.75) is 6.92 Å². The predicted octanol–water partition coefficient (Wildman–Crippen LogP) is 4.17. The van der Waals surface area contributed by atoms with Crippen molar-refractivity contribution in [3.63, 3.8) is 0 Å². The van der Waals surface area contributed by atoms with E-state index in [2.05, 4.69) is 18.2 Å². The standard InChI is InChI=1S/C18H17OP/c1-2-20(19,16-11-4-3-5-12-16)18-14-8-10-15-9-6-7-13-17(15)18/h3-14H,2H2,1H3. The number of hydrogen-bond acceptors (Lipinski definition) is 1. The van der Waals surface area contributed by atoms with Crippen LogP contribution in [0.3, 0.4) is 0 Å². The Hall–Kier alpha value is -1.85. The molecule has 0 N–H and O–H groups in total. The van der Waals surface area contributed by atoms with Crippen LogP contribution in [0.1, 0.15) is 6.92 Å². The lowest BCUT2D eigenvalue weighted by Crippen LogP contribution is -2.18. The minimum Gasteiger partial charge on any atom is -0.314 e. The Labute approximate surface area is 119 Å². The van der Waals surface area contributed by atoms with Crippen LogP contribution >= 0.6 is 7.14 Å². The van der Waals surface area contributed by atoms with Gasteiger partial charge in [-0.1, -0.05) is 79.7 Å². The topological polar surface area (TPSA) is 17.1 Å². The van der Waals surface area contributed by atoms with Crippen LogP contribution in [0.5, 0.6) is 0 Å². The highest BCUT2D eigenvalue weighted by Gasteiger charge is 2.26. The SMILES string of the molecule is CCP(=O)(c1ccccc1)c1cccc2ccccc12. The molecule has 0 saturated heterocycles. The Kier molecular flexibility index (Phi) is 3.46. The van der Waals surface area contributed by atoms with Gasteiger partial charge in [-0.3, -0.25) is 0 Å². The molecule has 0 radical (unpaired) electrons. The first-order valence-corrected chi connectivity index (χ1v) is 8.78. The van der Waals surface area contributed by atoms with E-state index in [0.717, 1.165) is 21.4 Å². The minimum atomic E-state index is -2.55. The fraction of sp³-hybridized carbons (Fsp3) is 0.111. The van der Waals surface area contributed by atoms with E-state index in [1.54, 1.807) is 0 Å². The van der Waals surface area contributed by atoms with E-state index < -0.39 is 7.14 Å². The van der Waals surface area contributed by atoms with Gasteiger partial charge in [0.1, 0.15) is 7.14 Å². The van der Waals surface area contributed by atoms with Gasteiger partial charge >= 0.3 is 0 Å². The average Bonchev–Trinajstić information content (AvgIpc) is 2.54. The molecule has 0 spiro atoms. The van der Waals surface area contributed by atoms with Gasteiger partial charge in [0.25, 0.3) is 0 Å². The van der Waals surface area contributed by atoms with E-state index in [0.29, 0.717) is 6.16 Å². The Balaban J connectivity index is 2.30. The van der Waals surface area contributed by atoms with Gasteiger partial charge in [-0.05, 0) is 10.8 Å². The Morgan fingerprint density at radius 1 is 0.800 bits per heavy atom. The summed E-state index contributed by atoms with van der Waals surface area (Å²) in [5.74, 6) is 0. The van der Waals surface area contributed by atoms with Crippen LogP contribution in [0, 0.1) is 0 Å². The van der Waals surface area contributed by atoms with Gasteiger partial charge in [-0.25, -0.2) is 0 Å². The number of rotatable bonds is 3. The summed E-state index contributed by atoms with van der Waals surface area (Å²) in [6, 6.07) is 24.1. The Morgan fingerprint density at radius 2 is 1.45 bits per heavy atom. The summed E-state index contributed by atoms with van der Waals surface area (Å²) >= 11 is 0. The fourth-order valence-corrected chi connectivity index (χ4v) is 5.24. The van der Waals surface area contributed by atoms with Crippen molar-refractivity contribution in [2.24, 2.45) is 0 Å². The molecule has 0 saturated carbocycles. The van der Waals surface area contributed by atoms with Crippen LogP contribution in [-0.4, -0.2) is 6.16 Å². The molecular weight excluding hydrogens is 263 g/mol. The van der Waals surface area contributed by atoms with Crippen molar-refractivity contribution in [1.29, 1.82) is 0 Å². The van der Waals surface area contributed by atoms with Gasteiger partial charge in [0.2, 0.25) is 0 Å². The van der Waals surface area contributed by atoms with Crippen LogP contribution in [0.4, 0.5) is 0 Å². The molecule has 1 atom stereocenters. The zero-order chi connectivity index (χ0) is 14.0. The molecule has 3 aromatic rings. The van der Waals surface area contributed by atoms with Gasteiger partial charge < -0.3 is 4.57 Å². The van der Waals surface area contributed by atoms with Crippen molar-refractivity contribution >= 4 is 28.5 Å². The largest absolute Gasteiger partial charge is 0.314 e. The molecule has 2 heteroatoms. The molecule has 20 heavy (non-hydrogen) atoms.